The van der Waals surface area contributed by atoms with Crippen LogP contribution >= 0.6 is 0 Å². The molecule has 1 aromatic carbocycles. The van der Waals surface area contributed by atoms with E-state index in [-0.39, 0.29) is 11.5 Å². The monoisotopic (exact) mass is 221 g/mol. The first-order valence-corrected chi connectivity index (χ1v) is 5.62. The van der Waals surface area contributed by atoms with E-state index >= 15 is 0 Å². The number of Topliss-reactive ketones (excluding diaryl/α,β-unsaturated/α-hetero) is 1. The van der Waals surface area contributed by atoms with Gasteiger partial charge in [0.2, 0.25) is 0 Å². The molecule has 1 aromatic rings. The first kappa shape index (κ1) is 12.6. The van der Waals surface area contributed by atoms with Crippen molar-refractivity contribution in [2.24, 2.45) is 5.92 Å². The second-order valence-corrected chi connectivity index (χ2v) is 4.12. The largest absolute Gasteiger partial charge is 0.506 e. The highest BCUT2D eigenvalue weighted by atomic mass is 16.3. The number of nitrogens with one attached hydrogen (secondary N) is 1. The van der Waals surface area contributed by atoms with Gasteiger partial charge in [0.25, 0.3) is 0 Å². The number of hydrogen-bond donors (Lipinski definition) is 2. The molecule has 16 heavy (non-hydrogen) atoms. The van der Waals surface area contributed by atoms with Crippen LogP contribution in [0.4, 0.5) is 5.69 Å². The van der Waals surface area contributed by atoms with Gasteiger partial charge >= 0.3 is 0 Å². The van der Waals surface area contributed by atoms with E-state index in [0.29, 0.717) is 23.6 Å². The van der Waals surface area contributed by atoms with Crippen LogP contribution in [0.25, 0.3) is 0 Å². The molecule has 0 saturated heterocycles. The van der Waals surface area contributed by atoms with E-state index in [9.17, 15) is 9.90 Å². The summed E-state index contributed by atoms with van der Waals surface area (Å²) < 4.78 is 0. The molecule has 0 spiro atoms. The average Bonchev–Trinajstić information content (AvgIpc) is 2.28. The minimum absolute atomic E-state index is 0.0901. The number of phenols is 1. The summed E-state index contributed by atoms with van der Waals surface area (Å²) in [4.78, 5) is 11.8. The second-order valence-electron chi connectivity index (χ2n) is 4.12. The van der Waals surface area contributed by atoms with E-state index in [1.54, 1.807) is 19.2 Å². The second kappa shape index (κ2) is 5.54. The number of benzene rings is 1. The Kier molecular flexibility index (Phi) is 4.35. The Bertz CT molecular complexity index is 374. The molecule has 0 fully saturated rings. The molecule has 0 bridgehead atoms. The number of carbonyl (C=O) groups is 1. The molecule has 2 N–H and O–H groups in total. The van der Waals surface area contributed by atoms with Crippen molar-refractivity contribution in [1.82, 2.24) is 0 Å². The third-order valence-corrected chi connectivity index (χ3v) is 2.82. The van der Waals surface area contributed by atoms with Crippen molar-refractivity contribution >= 4 is 11.5 Å². The standard InChI is InChI=1S/C13H19NO2/c1-4-9(2)7-12(15)10-5-6-11(14-3)13(16)8-10/h5-6,8-9,14,16H,4,7H2,1-3H3. The maximum Gasteiger partial charge on any atom is 0.163 e. The van der Waals surface area contributed by atoms with Gasteiger partial charge in [-0.25, -0.2) is 0 Å². The molecule has 3 heteroatoms. The molecular formula is C13H19NO2. The van der Waals surface area contributed by atoms with Crippen molar-refractivity contribution in [3.63, 3.8) is 0 Å². The minimum Gasteiger partial charge on any atom is -0.506 e. The maximum atomic E-state index is 11.8. The normalized spacial score (nSPS) is 12.2. The van der Waals surface area contributed by atoms with Gasteiger partial charge < -0.3 is 10.4 Å². The van der Waals surface area contributed by atoms with Crippen molar-refractivity contribution in [2.75, 3.05) is 12.4 Å². The van der Waals surface area contributed by atoms with Crippen LogP contribution in [0.15, 0.2) is 18.2 Å². The lowest BCUT2D eigenvalue weighted by Gasteiger charge is -2.09. The van der Waals surface area contributed by atoms with Gasteiger partial charge in [0, 0.05) is 19.0 Å². The van der Waals surface area contributed by atoms with E-state index in [1.807, 2.05) is 0 Å². The zero-order valence-corrected chi connectivity index (χ0v) is 10.1. The van der Waals surface area contributed by atoms with Crippen LogP contribution in [0.5, 0.6) is 5.75 Å². The van der Waals surface area contributed by atoms with E-state index < -0.39 is 0 Å². The van der Waals surface area contributed by atoms with Gasteiger partial charge in [0.05, 0.1) is 5.69 Å². The summed E-state index contributed by atoms with van der Waals surface area (Å²) in [6.45, 7) is 4.12. The molecule has 0 aliphatic heterocycles. The average molecular weight is 221 g/mol. The Morgan fingerprint density at radius 2 is 2.19 bits per heavy atom. The molecular weight excluding hydrogens is 202 g/mol. The summed E-state index contributed by atoms with van der Waals surface area (Å²) >= 11 is 0. The topological polar surface area (TPSA) is 49.3 Å². The van der Waals surface area contributed by atoms with Gasteiger partial charge in [0.1, 0.15) is 5.75 Å². The molecule has 0 radical (unpaired) electrons. The van der Waals surface area contributed by atoms with Crippen LogP contribution in [0.3, 0.4) is 0 Å². The Morgan fingerprint density at radius 3 is 2.69 bits per heavy atom. The Morgan fingerprint density at radius 1 is 1.50 bits per heavy atom. The summed E-state index contributed by atoms with van der Waals surface area (Å²) in [6, 6.07) is 4.99. The lowest BCUT2D eigenvalue weighted by Crippen LogP contribution is -2.05. The minimum atomic E-state index is 0.0901. The molecule has 1 rings (SSSR count). The number of rotatable bonds is 5. The van der Waals surface area contributed by atoms with Crippen molar-refractivity contribution in [1.29, 1.82) is 0 Å². The highest BCUT2D eigenvalue weighted by Gasteiger charge is 2.11. The fourth-order valence-corrected chi connectivity index (χ4v) is 1.50. The van der Waals surface area contributed by atoms with Crippen LogP contribution < -0.4 is 5.32 Å². The Balaban J connectivity index is 2.81. The smallest absolute Gasteiger partial charge is 0.163 e. The van der Waals surface area contributed by atoms with Crippen LogP contribution in [-0.2, 0) is 0 Å². The zero-order valence-electron chi connectivity index (χ0n) is 10.1. The third-order valence-electron chi connectivity index (χ3n) is 2.82. The van der Waals surface area contributed by atoms with Gasteiger partial charge in [-0.3, -0.25) is 4.79 Å². The van der Waals surface area contributed by atoms with Crippen molar-refractivity contribution in [3.05, 3.63) is 23.8 Å². The molecule has 3 nitrogen and oxygen atoms in total. The summed E-state index contributed by atoms with van der Waals surface area (Å²) in [5.41, 5.74) is 1.22. The van der Waals surface area contributed by atoms with E-state index in [1.165, 1.54) is 6.07 Å². The number of ketones is 1. The van der Waals surface area contributed by atoms with Crippen LogP contribution in [0, 0.1) is 5.92 Å². The van der Waals surface area contributed by atoms with Gasteiger partial charge in [-0.05, 0) is 24.1 Å². The Hall–Kier alpha value is -1.51. The highest BCUT2D eigenvalue weighted by Crippen LogP contribution is 2.25. The maximum absolute atomic E-state index is 11.8. The van der Waals surface area contributed by atoms with Gasteiger partial charge in [-0.2, -0.15) is 0 Å². The van der Waals surface area contributed by atoms with Crippen LogP contribution in [0.2, 0.25) is 0 Å². The third kappa shape index (κ3) is 2.99. The van der Waals surface area contributed by atoms with Crippen molar-refractivity contribution in [3.8, 4) is 5.75 Å². The van der Waals surface area contributed by atoms with E-state index in [4.69, 9.17) is 0 Å². The molecule has 0 aromatic heterocycles. The van der Waals surface area contributed by atoms with E-state index in [0.717, 1.165) is 6.42 Å². The summed E-state index contributed by atoms with van der Waals surface area (Å²) in [6.07, 6.45) is 1.53. The van der Waals surface area contributed by atoms with Crippen LogP contribution in [0.1, 0.15) is 37.0 Å². The lowest BCUT2D eigenvalue weighted by atomic mass is 9.97. The number of aromatic hydroxyl groups is 1. The molecule has 0 amide bonds. The molecule has 1 atom stereocenters. The summed E-state index contributed by atoms with van der Waals surface area (Å²) in [5.74, 6) is 0.600. The first-order chi connectivity index (χ1) is 7.58. The van der Waals surface area contributed by atoms with Crippen molar-refractivity contribution in [2.45, 2.75) is 26.7 Å². The predicted molar refractivity (Wildman–Crippen MR) is 66.1 cm³/mol. The van der Waals surface area contributed by atoms with Gasteiger partial charge in [0.15, 0.2) is 5.78 Å². The summed E-state index contributed by atoms with van der Waals surface area (Å²) in [7, 11) is 1.73. The number of carbonyl (C=O) groups excluding carboxylic acids is 1. The highest BCUT2D eigenvalue weighted by molar-refractivity contribution is 5.97. The number of anilines is 1. The van der Waals surface area contributed by atoms with Gasteiger partial charge in [-0.15, -0.1) is 0 Å². The molecule has 0 heterocycles. The molecule has 0 aliphatic rings. The fourth-order valence-electron chi connectivity index (χ4n) is 1.50. The molecule has 1 unspecified atom stereocenters. The van der Waals surface area contributed by atoms with Crippen LogP contribution in [-0.4, -0.2) is 17.9 Å². The molecule has 0 aliphatic carbocycles. The van der Waals surface area contributed by atoms with Gasteiger partial charge in [-0.1, -0.05) is 20.3 Å². The quantitative estimate of drug-likeness (QED) is 0.593. The van der Waals surface area contributed by atoms with E-state index in [2.05, 4.69) is 19.2 Å². The fraction of sp³-hybridized carbons (Fsp3) is 0.462. The number of hydrogen-bond acceptors (Lipinski definition) is 3. The number of phenolic OH excluding ortho intramolecular Hbond substituents is 1. The molecule has 0 saturated carbocycles. The Labute approximate surface area is 96.5 Å². The summed E-state index contributed by atoms with van der Waals surface area (Å²) in [5, 5.41) is 12.5. The van der Waals surface area contributed by atoms with Crippen molar-refractivity contribution < 1.29 is 9.90 Å². The first-order valence-electron chi connectivity index (χ1n) is 5.62. The lowest BCUT2D eigenvalue weighted by molar-refractivity contribution is 0.0963. The predicted octanol–water partition coefficient (Wildman–Crippen LogP) is 3.05. The molecule has 88 valence electrons. The SMILES string of the molecule is CCC(C)CC(=O)c1ccc(NC)c(O)c1. The zero-order chi connectivity index (χ0) is 12.1.